The Morgan fingerprint density at radius 1 is 1.05 bits per heavy atom. The molecule has 108 valence electrons. The smallest absolute Gasteiger partial charge is 0.338 e. The Kier molecular flexibility index (Phi) is 4.18. The number of primary amides is 1. The monoisotopic (exact) mass is 288 g/mol. The van der Waals surface area contributed by atoms with Crippen LogP contribution < -0.4 is 11.5 Å². The molecule has 0 spiro atoms. The molecule has 1 amide bonds. The number of carbonyl (C=O) groups is 2. The van der Waals surface area contributed by atoms with Crippen LogP contribution in [-0.4, -0.2) is 11.9 Å². The lowest BCUT2D eigenvalue weighted by Crippen LogP contribution is -2.11. The van der Waals surface area contributed by atoms with Crippen LogP contribution in [0.3, 0.4) is 0 Å². The molecule has 5 nitrogen and oxygen atoms in total. The summed E-state index contributed by atoms with van der Waals surface area (Å²) in [5.41, 5.74) is 11.6. The van der Waals surface area contributed by atoms with Gasteiger partial charge in [0.2, 0.25) is 5.91 Å². The normalized spacial score (nSPS) is 10.1. The van der Waals surface area contributed by atoms with Crippen molar-refractivity contribution in [3.8, 4) is 0 Å². The summed E-state index contributed by atoms with van der Waals surface area (Å²) in [6.45, 7) is 0.0230. The van der Waals surface area contributed by atoms with Crippen molar-refractivity contribution >= 4 is 17.6 Å². The van der Waals surface area contributed by atoms with Crippen molar-refractivity contribution < 1.29 is 18.7 Å². The molecule has 0 unspecified atom stereocenters. The van der Waals surface area contributed by atoms with Crippen LogP contribution in [0.5, 0.6) is 0 Å². The van der Waals surface area contributed by atoms with E-state index in [1.807, 2.05) is 0 Å². The number of benzene rings is 2. The molecular formula is C15H13FN2O3. The highest BCUT2D eigenvalue weighted by Crippen LogP contribution is 2.14. The van der Waals surface area contributed by atoms with Gasteiger partial charge in [-0.3, -0.25) is 4.79 Å². The van der Waals surface area contributed by atoms with Crippen molar-refractivity contribution in [1.29, 1.82) is 0 Å². The van der Waals surface area contributed by atoms with E-state index in [1.54, 1.807) is 24.3 Å². The van der Waals surface area contributed by atoms with E-state index < -0.39 is 17.7 Å². The minimum Gasteiger partial charge on any atom is -0.457 e. The zero-order valence-electron chi connectivity index (χ0n) is 11.0. The summed E-state index contributed by atoms with van der Waals surface area (Å²) in [5, 5.41) is 0. The number of hydrogen-bond acceptors (Lipinski definition) is 4. The van der Waals surface area contributed by atoms with Gasteiger partial charge in [0.1, 0.15) is 12.4 Å². The van der Waals surface area contributed by atoms with Crippen LogP contribution in [-0.2, 0) is 11.3 Å². The van der Waals surface area contributed by atoms with Crippen LogP contribution >= 0.6 is 0 Å². The lowest BCUT2D eigenvalue weighted by atomic mass is 10.1. The van der Waals surface area contributed by atoms with Crippen molar-refractivity contribution in [2.75, 3.05) is 5.73 Å². The fourth-order valence-corrected chi connectivity index (χ4v) is 1.67. The number of rotatable bonds is 4. The Morgan fingerprint density at radius 3 is 2.24 bits per heavy atom. The van der Waals surface area contributed by atoms with Crippen LogP contribution in [0.15, 0.2) is 42.5 Å². The maximum Gasteiger partial charge on any atom is 0.338 e. The summed E-state index contributed by atoms with van der Waals surface area (Å²) in [4.78, 5) is 22.7. The van der Waals surface area contributed by atoms with Gasteiger partial charge in [-0.1, -0.05) is 12.1 Å². The van der Waals surface area contributed by atoms with Crippen LogP contribution in [0, 0.1) is 5.82 Å². The summed E-state index contributed by atoms with van der Waals surface area (Å²) < 4.78 is 18.1. The number of carbonyl (C=O) groups excluding carboxylic acids is 2. The van der Waals surface area contributed by atoms with Crippen molar-refractivity contribution in [2.45, 2.75) is 6.61 Å². The molecule has 0 aromatic heterocycles. The largest absolute Gasteiger partial charge is 0.457 e. The molecule has 0 radical (unpaired) electrons. The molecule has 0 aliphatic carbocycles. The van der Waals surface area contributed by atoms with E-state index in [1.165, 1.54) is 12.1 Å². The van der Waals surface area contributed by atoms with Crippen LogP contribution in [0.25, 0.3) is 0 Å². The lowest BCUT2D eigenvalue weighted by molar-refractivity contribution is 0.0472. The summed E-state index contributed by atoms with van der Waals surface area (Å²) in [6.07, 6.45) is 0. The van der Waals surface area contributed by atoms with Gasteiger partial charge in [-0.25, -0.2) is 9.18 Å². The third kappa shape index (κ3) is 3.56. The van der Waals surface area contributed by atoms with Crippen LogP contribution in [0.2, 0.25) is 0 Å². The van der Waals surface area contributed by atoms with E-state index in [9.17, 15) is 14.0 Å². The first kappa shape index (κ1) is 14.5. The number of esters is 1. The van der Waals surface area contributed by atoms with Gasteiger partial charge in [-0.15, -0.1) is 0 Å². The molecule has 0 bridgehead atoms. The van der Waals surface area contributed by atoms with Crippen LogP contribution in [0.4, 0.5) is 10.1 Å². The first-order valence-corrected chi connectivity index (χ1v) is 6.08. The van der Waals surface area contributed by atoms with Crippen molar-refractivity contribution in [3.63, 3.8) is 0 Å². The predicted molar refractivity (Wildman–Crippen MR) is 74.9 cm³/mol. The Hall–Kier alpha value is -2.89. The number of halogens is 1. The Morgan fingerprint density at radius 2 is 1.67 bits per heavy atom. The number of nitrogen functional groups attached to an aromatic ring is 1. The SMILES string of the molecule is NC(=O)c1ccc(COC(=O)c2ccc(F)c(N)c2)cc1. The van der Waals surface area contributed by atoms with E-state index in [4.69, 9.17) is 16.2 Å². The van der Waals surface area contributed by atoms with E-state index in [-0.39, 0.29) is 17.9 Å². The summed E-state index contributed by atoms with van der Waals surface area (Å²) in [7, 11) is 0. The Balaban J connectivity index is 2.00. The first-order chi connectivity index (χ1) is 9.97. The second-order valence-electron chi connectivity index (χ2n) is 4.37. The molecule has 4 N–H and O–H groups in total. The van der Waals surface area contributed by atoms with E-state index in [0.717, 1.165) is 6.07 Å². The zero-order chi connectivity index (χ0) is 15.4. The van der Waals surface area contributed by atoms with Gasteiger partial charge in [0.25, 0.3) is 0 Å². The highest BCUT2D eigenvalue weighted by molar-refractivity contribution is 5.92. The highest BCUT2D eigenvalue weighted by atomic mass is 19.1. The first-order valence-electron chi connectivity index (χ1n) is 6.08. The summed E-state index contributed by atoms with van der Waals surface area (Å²) >= 11 is 0. The van der Waals surface area contributed by atoms with Crippen molar-refractivity contribution in [2.24, 2.45) is 5.73 Å². The van der Waals surface area contributed by atoms with Crippen molar-refractivity contribution in [1.82, 2.24) is 0 Å². The molecular weight excluding hydrogens is 275 g/mol. The fraction of sp³-hybridized carbons (Fsp3) is 0.0667. The topological polar surface area (TPSA) is 95.4 Å². The second-order valence-corrected chi connectivity index (χ2v) is 4.37. The fourth-order valence-electron chi connectivity index (χ4n) is 1.67. The average Bonchev–Trinajstić information content (AvgIpc) is 2.48. The van der Waals surface area contributed by atoms with Gasteiger partial charge < -0.3 is 16.2 Å². The van der Waals surface area contributed by atoms with E-state index >= 15 is 0 Å². The third-order valence-electron chi connectivity index (χ3n) is 2.84. The molecule has 2 rings (SSSR count). The molecule has 2 aromatic carbocycles. The number of amides is 1. The number of nitrogens with two attached hydrogens (primary N) is 2. The second kappa shape index (κ2) is 6.04. The van der Waals surface area contributed by atoms with Crippen molar-refractivity contribution in [3.05, 3.63) is 65.0 Å². The van der Waals surface area contributed by atoms with Crippen LogP contribution in [0.1, 0.15) is 26.3 Å². The zero-order valence-corrected chi connectivity index (χ0v) is 11.0. The molecule has 6 heteroatoms. The van der Waals surface area contributed by atoms with Gasteiger partial charge in [0.05, 0.1) is 11.3 Å². The maximum absolute atomic E-state index is 13.0. The number of ether oxygens (including phenoxy) is 1. The van der Waals surface area contributed by atoms with E-state index in [0.29, 0.717) is 11.1 Å². The molecule has 21 heavy (non-hydrogen) atoms. The molecule has 0 fully saturated rings. The summed E-state index contributed by atoms with van der Waals surface area (Å²) in [5.74, 6) is -1.73. The molecule has 2 aromatic rings. The molecule has 0 aliphatic heterocycles. The predicted octanol–water partition coefficient (Wildman–Crippen LogP) is 1.86. The quantitative estimate of drug-likeness (QED) is 0.663. The average molecular weight is 288 g/mol. The Labute approximate surface area is 120 Å². The molecule has 0 saturated heterocycles. The van der Waals surface area contributed by atoms with E-state index in [2.05, 4.69) is 0 Å². The molecule has 0 aliphatic rings. The minimum absolute atomic E-state index is 0.0230. The van der Waals surface area contributed by atoms with Gasteiger partial charge in [0.15, 0.2) is 0 Å². The van der Waals surface area contributed by atoms with Gasteiger partial charge in [0, 0.05) is 5.56 Å². The maximum atomic E-state index is 13.0. The number of hydrogen-bond donors (Lipinski definition) is 2. The standard InChI is InChI=1S/C15H13FN2O3/c16-12-6-5-11(7-13(12)17)15(20)21-8-9-1-3-10(4-2-9)14(18)19/h1-7H,8,17H2,(H2,18,19). The Bertz CT molecular complexity index is 684. The molecule has 0 saturated carbocycles. The summed E-state index contributed by atoms with van der Waals surface area (Å²) in [6, 6.07) is 9.97. The third-order valence-corrected chi connectivity index (χ3v) is 2.84. The minimum atomic E-state index is -0.610. The molecule has 0 atom stereocenters. The van der Waals surface area contributed by atoms with Gasteiger partial charge in [-0.2, -0.15) is 0 Å². The highest BCUT2D eigenvalue weighted by Gasteiger charge is 2.10. The lowest BCUT2D eigenvalue weighted by Gasteiger charge is -2.06. The number of anilines is 1. The van der Waals surface area contributed by atoms with Gasteiger partial charge in [-0.05, 0) is 35.9 Å². The van der Waals surface area contributed by atoms with Gasteiger partial charge >= 0.3 is 5.97 Å². The molecule has 0 heterocycles.